The summed E-state index contributed by atoms with van der Waals surface area (Å²) in [7, 11) is 0. The smallest absolute Gasteiger partial charge is 0.281 e. The van der Waals surface area contributed by atoms with Crippen molar-refractivity contribution in [1.29, 1.82) is 5.26 Å². The van der Waals surface area contributed by atoms with Gasteiger partial charge in [0, 0.05) is 12.1 Å². The van der Waals surface area contributed by atoms with Crippen molar-refractivity contribution in [2.45, 2.75) is 27.3 Å². The molecule has 6 nitrogen and oxygen atoms in total. The van der Waals surface area contributed by atoms with E-state index in [1.54, 1.807) is 6.92 Å². The van der Waals surface area contributed by atoms with Crippen molar-refractivity contribution < 1.29 is 5.11 Å². The van der Waals surface area contributed by atoms with Gasteiger partial charge in [0.05, 0.1) is 5.69 Å². The van der Waals surface area contributed by atoms with Crippen LogP contribution in [0, 0.1) is 24.2 Å². The number of fused-ring (bicyclic) bond motifs is 1. The highest BCUT2D eigenvalue weighted by molar-refractivity contribution is 5.85. The highest BCUT2D eigenvalue weighted by Crippen LogP contribution is 2.28. The zero-order valence-electron chi connectivity index (χ0n) is 15.5. The van der Waals surface area contributed by atoms with E-state index in [9.17, 15) is 15.2 Å². The predicted molar refractivity (Wildman–Crippen MR) is 105 cm³/mol. The Morgan fingerprint density at radius 3 is 2.52 bits per heavy atom. The zero-order chi connectivity index (χ0) is 19.6. The highest BCUT2D eigenvalue weighted by atomic mass is 16.3. The molecule has 0 bridgehead atoms. The summed E-state index contributed by atoms with van der Waals surface area (Å²) in [5.41, 5.74) is 0.585. The van der Waals surface area contributed by atoms with Crippen LogP contribution in [-0.2, 0) is 6.54 Å². The third-order valence-corrected chi connectivity index (χ3v) is 4.32. The van der Waals surface area contributed by atoms with Gasteiger partial charge >= 0.3 is 0 Å². The Bertz CT molecular complexity index is 1140. The third-order valence-electron chi connectivity index (χ3n) is 4.32. The van der Waals surface area contributed by atoms with Crippen LogP contribution in [-0.4, -0.2) is 9.67 Å². The Kier molecular flexibility index (Phi) is 5.04. The van der Waals surface area contributed by atoms with E-state index in [2.05, 4.69) is 10.2 Å². The van der Waals surface area contributed by atoms with Crippen molar-refractivity contribution >= 4 is 22.1 Å². The number of aromatic nitrogens is 1. The lowest BCUT2D eigenvalue weighted by molar-refractivity contribution is 0.381. The molecule has 0 saturated carbocycles. The number of nitriles is 1. The Labute approximate surface area is 157 Å². The summed E-state index contributed by atoms with van der Waals surface area (Å²) in [5, 5.41) is 30.1. The van der Waals surface area contributed by atoms with Gasteiger partial charge in [-0.2, -0.15) is 10.4 Å². The number of azo groups is 1. The standard InChI is InChI=1S/C21H20N4O2/c1-13(2)12-25-20(26)18(11-22)14(3)19(21(25)27)24-23-17-9-8-15-6-4-5-7-16(15)10-17/h4-10,13,26H,12H2,1-3H3. The van der Waals surface area contributed by atoms with Crippen LogP contribution in [0.25, 0.3) is 10.8 Å². The minimum Gasteiger partial charge on any atom is -0.493 e. The first-order valence-corrected chi connectivity index (χ1v) is 8.69. The molecule has 2 aromatic carbocycles. The van der Waals surface area contributed by atoms with E-state index in [4.69, 9.17) is 0 Å². The Hall–Kier alpha value is -3.46. The monoisotopic (exact) mass is 360 g/mol. The molecular formula is C21H20N4O2. The lowest BCUT2D eigenvalue weighted by atomic mass is 10.1. The summed E-state index contributed by atoms with van der Waals surface area (Å²) in [6.07, 6.45) is 0. The van der Waals surface area contributed by atoms with Crippen molar-refractivity contribution in [2.75, 3.05) is 0 Å². The molecule has 3 aromatic rings. The average molecular weight is 360 g/mol. The fraction of sp³-hybridized carbons (Fsp3) is 0.238. The first-order valence-electron chi connectivity index (χ1n) is 8.69. The molecule has 6 heteroatoms. The molecule has 0 aliphatic rings. The van der Waals surface area contributed by atoms with Crippen LogP contribution in [0.4, 0.5) is 11.4 Å². The molecule has 0 fully saturated rings. The lowest BCUT2D eigenvalue weighted by Gasteiger charge is -2.14. The first-order chi connectivity index (χ1) is 12.9. The van der Waals surface area contributed by atoms with Crippen LogP contribution in [0.15, 0.2) is 57.5 Å². The van der Waals surface area contributed by atoms with Gasteiger partial charge in [-0.25, -0.2) is 0 Å². The molecule has 0 atom stereocenters. The molecule has 0 aliphatic heterocycles. The summed E-state index contributed by atoms with van der Waals surface area (Å²) >= 11 is 0. The summed E-state index contributed by atoms with van der Waals surface area (Å²) in [6.45, 7) is 5.73. The molecule has 0 radical (unpaired) electrons. The van der Waals surface area contributed by atoms with Crippen molar-refractivity contribution in [2.24, 2.45) is 16.1 Å². The lowest BCUT2D eigenvalue weighted by Crippen LogP contribution is -2.24. The molecule has 3 rings (SSSR count). The van der Waals surface area contributed by atoms with Gasteiger partial charge in [-0.05, 0) is 35.7 Å². The van der Waals surface area contributed by atoms with Crippen LogP contribution >= 0.6 is 0 Å². The van der Waals surface area contributed by atoms with Gasteiger partial charge in [0.25, 0.3) is 5.56 Å². The molecule has 0 unspecified atom stereocenters. The van der Waals surface area contributed by atoms with Gasteiger partial charge in [-0.15, -0.1) is 5.11 Å². The van der Waals surface area contributed by atoms with Gasteiger partial charge < -0.3 is 5.11 Å². The second kappa shape index (κ2) is 7.42. The molecule has 0 aliphatic carbocycles. The average Bonchev–Trinajstić information content (AvgIpc) is 2.65. The van der Waals surface area contributed by atoms with Crippen LogP contribution in [0.1, 0.15) is 25.0 Å². The minimum absolute atomic E-state index is 0.0442. The number of rotatable bonds is 4. The van der Waals surface area contributed by atoms with E-state index in [1.807, 2.05) is 62.4 Å². The summed E-state index contributed by atoms with van der Waals surface area (Å²) in [6, 6.07) is 15.5. The van der Waals surface area contributed by atoms with Gasteiger partial charge in [0.1, 0.15) is 11.6 Å². The molecule has 0 saturated heterocycles. The van der Waals surface area contributed by atoms with Crippen LogP contribution < -0.4 is 5.56 Å². The van der Waals surface area contributed by atoms with Crippen molar-refractivity contribution in [3.05, 3.63) is 63.9 Å². The molecule has 136 valence electrons. The number of aromatic hydroxyl groups is 1. The predicted octanol–water partition coefficient (Wildman–Crippen LogP) is 4.96. The largest absolute Gasteiger partial charge is 0.493 e. The topological polar surface area (TPSA) is 90.7 Å². The van der Waals surface area contributed by atoms with E-state index in [1.165, 1.54) is 4.57 Å². The zero-order valence-corrected chi connectivity index (χ0v) is 15.5. The number of hydrogen-bond donors (Lipinski definition) is 1. The number of hydrogen-bond acceptors (Lipinski definition) is 5. The molecule has 0 amide bonds. The Morgan fingerprint density at radius 1 is 1.15 bits per heavy atom. The molecule has 27 heavy (non-hydrogen) atoms. The summed E-state index contributed by atoms with van der Waals surface area (Å²) in [5.74, 6) is -0.202. The molecule has 1 heterocycles. The summed E-state index contributed by atoms with van der Waals surface area (Å²) in [4.78, 5) is 12.8. The van der Waals surface area contributed by atoms with E-state index >= 15 is 0 Å². The van der Waals surface area contributed by atoms with Gasteiger partial charge in [0.2, 0.25) is 5.88 Å². The van der Waals surface area contributed by atoms with Crippen molar-refractivity contribution in [3.63, 3.8) is 0 Å². The fourth-order valence-electron chi connectivity index (χ4n) is 2.94. The van der Waals surface area contributed by atoms with Crippen molar-refractivity contribution in [1.82, 2.24) is 4.57 Å². The molecular weight excluding hydrogens is 340 g/mol. The maximum absolute atomic E-state index is 12.8. The maximum atomic E-state index is 12.8. The Morgan fingerprint density at radius 2 is 1.85 bits per heavy atom. The first kappa shape index (κ1) is 18.3. The quantitative estimate of drug-likeness (QED) is 0.667. The van der Waals surface area contributed by atoms with Crippen LogP contribution in [0.5, 0.6) is 5.88 Å². The number of pyridine rings is 1. The Balaban J connectivity index is 2.11. The highest BCUT2D eigenvalue weighted by Gasteiger charge is 2.19. The van der Waals surface area contributed by atoms with Crippen LogP contribution in [0.3, 0.4) is 0 Å². The van der Waals surface area contributed by atoms with Gasteiger partial charge in [0.15, 0.2) is 5.69 Å². The third kappa shape index (κ3) is 3.58. The van der Waals surface area contributed by atoms with Gasteiger partial charge in [-0.3, -0.25) is 9.36 Å². The minimum atomic E-state index is -0.456. The fourth-order valence-corrected chi connectivity index (χ4v) is 2.94. The number of nitrogens with zero attached hydrogens (tertiary/aromatic N) is 4. The van der Waals surface area contributed by atoms with E-state index in [-0.39, 0.29) is 29.6 Å². The normalized spacial score (nSPS) is 11.4. The molecule has 0 spiro atoms. The number of benzene rings is 2. The SMILES string of the molecule is Cc1c(C#N)c(O)n(CC(C)C)c(=O)c1N=Nc1ccc2ccccc2c1. The van der Waals surface area contributed by atoms with E-state index in [0.29, 0.717) is 11.3 Å². The molecule has 1 N–H and O–H groups in total. The van der Waals surface area contributed by atoms with E-state index in [0.717, 1.165) is 10.8 Å². The van der Waals surface area contributed by atoms with Gasteiger partial charge in [-0.1, -0.05) is 44.2 Å². The van der Waals surface area contributed by atoms with Crippen LogP contribution in [0.2, 0.25) is 0 Å². The second-order valence-corrected chi connectivity index (χ2v) is 6.83. The molecule has 1 aromatic heterocycles. The summed E-state index contributed by atoms with van der Waals surface area (Å²) < 4.78 is 1.19. The second-order valence-electron chi connectivity index (χ2n) is 6.83. The maximum Gasteiger partial charge on any atom is 0.281 e. The van der Waals surface area contributed by atoms with Crippen molar-refractivity contribution in [3.8, 4) is 11.9 Å². The van der Waals surface area contributed by atoms with E-state index < -0.39 is 5.56 Å².